The molecular formula is C20H16ClN3O2S. The molecule has 2 aromatic carbocycles. The van der Waals surface area contributed by atoms with Crippen LogP contribution in [0.2, 0.25) is 5.02 Å². The van der Waals surface area contributed by atoms with E-state index in [9.17, 15) is 9.59 Å². The average Bonchev–Trinajstić information content (AvgIpc) is 3.03. The van der Waals surface area contributed by atoms with Gasteiger partial charge in [-0.25, -0.2) is 4.98 Å². The number of nitrogens with one attached hydrogen (secondary N) is 2. The molecule has 136 valence electrons. The van der Waals surface area contributed by atoms with Gasteiger partial charge in [0.25, 0.3) is 5.91 Å². The Balaban J connectivity index is 1.65. The van der Waals surface area contributed by atoms with E-state index in [4.69, 9.17) is 11.6 Å². The first kappa shape index (κ1) is 18.8. The lowest BCUT2D eigenvalue weighted by molar-refractivity contribution is -0.111. The minimum atomic E-state index is -0.308. The summed E-state index contributed by atoms with van der Waals surface area (Å²) in [5.74, 6) is -0.593. The predicted molar refractivity (Wildman–Crippen MR) is 110 cm³/mol. The minimum Gasteiger partial charge on any atom is -0.321 e. The van der Waals surface area contributed by atoms with Gasteiger partial charge >= 0.3 is 0 Å². The zero-order valence-corrected chi connectivity index (χ0v) is 16.0. The largest absolute Gasteiger partial charge is 0.321 e. The number of benzene rings is 2. The fourth-order valence-corrected chi connectivity index (χ4v) is 3.26. The Bertz CT molecular complexity index is 982. The maximum Gasteiger partial charge on any atom is 0.267 e. The predicted octanol–water partition coefficient (Wildman–Crippen LogP) is 5.01. The third-order valence-corrected chi connectivity index (χ3v) is 4.89. The second kappa shape index (κ2) is 8.62. The standard InChI is InChI=1S/C20H16ClN3O2S/c1-13-18(19(26)23-16-10-8-15(21)9-11-16)27-20(22-13)24-17(25)12-7-14-5-3-2-4-6-14/h2-12H,1H3,(H,23,26)(H,22,24,25). The normalized spacial score (nSPS) is 10.7. The van der Waals surface area contributed by atoms with Crippen molar-refractivity contribution in [3.63, 3.8) is 0 Å². The fourth-order valence-electron chi connectivity index (χ4n) is 2.26. The van der Waals surface area contributed by atoms with E-state index < -0.39 is 0 Å². The quantitative estimate of drug-likeness (QED) is 0.594. The molecule has 5 nitrogen and oxygen atoms in total. The van der Waals surface area contributed by atoms with Gasteiger partial charge in [0.1, 0.15) is 4.88 Å². The molecule has 0 spiro atoms. The van der Waals surface area contributed by atoms with Gasteiger partial charge in [-0.1, -0.05) is 53.3 Å². The second-order valence-electron chi connectivity index (χ2n) is 5.63. The highest BCUT2D eigenvalue weighted by Gasteiger charge is 2.16. The Hall–Kier alpha value is -2.96. The van der Waals surface area contributed by atoms with E-state index in [1.165, 1.54) is 6.08 Å². The van der Waals surface area contributed by atoms with E-state index >= 15 is 0 Å². The van der Waals surface area contributed by atoms with E-state index in [-0.39, 0.29) is 11.8 Å². The highest BCUT2D eigenvalue weighted by atomic mass is 35.5. The Morgan fingerprint density at radius 2 is 1.74 bits per heavy atom. The van der Waals surface area contributed by atoms with E-state index in [0.29, 0.717) is 26.4 Å². The number of carbonyl (C=O) groups excluding carboxylic acids is 2. The molecule has 0 unspecified atom stereocenters. The molecule has 1 aromatic heterocycles. The zero-order chi connectivity index (χ0) is 19.2. The minimum absolute atomic E-state index is 0.285. The number of anilines is 2. The molecule has 3 aromatic rings. The van der Waals surface area contributed by atoms with Crippen LogP contribution >= 0.6 is 22.9 Å². The molecule has 0 aliphatic carbocycles. The van der Waals surface area contributed by atoms with E-state index in [1.54, 1.807) is 37.3 Å². The van der Waals surface area contributed by atoms with Crippen molar-refractivity contribution in [3.05, 3.63) is 81.8 Å². The number of hydrogen-bond acceptors (Lipinski definition) is 4. The lowest BCUT2D eigenvalue weighted by atomic mass is 10.2. The van der Waals surface area contributed by atoms with Gasteiger partial charge in [-0.3, -0.25) is 14.9 Å². The first-order valence-electron chi connectivity index (χ1n) is 8.10. The first-order chi connectivity index (χ1) is 13.0. The zero-order valence-electron chi connectivity index (χ0n) is 14.4. The van der Waals surface area contributed by atoms with Crippen LogP contribution in [0.1, 0.15) is 20.9 Å². The van der Waals surface area contributed by atoms with Crippen LogP contribution in [0.25, 0.3) is 6.08 Å². The van der Waals surface area contributed by atoms with Crippen LogP contribution in [0, 0.1) is 6.92 Å². The van der Waals surface area contributed by atoms with Crippen LogP contribution in [-0.2, 0) is 4.79 Å². The first-order valence-corrected chi connectivity index (χ1v) is 9.29. The highest BCUT2D eigenvalue weighted by Crippen LogP contribution is 2.24. The van der Waals surface area contributed by atoms with E-state index in [0.717, 1.165) is 16.9 Å². The van der Waals surface area contributed by atoms with Gasteiger partial charge in [-0.2, -0.15) is 0 Å². The lowest BCUT2D eigenvalue weighted by Crippen LogP contribution is -2.11. The lowest BCUT2D eigenvalue weighted by Gasteiger charge is -2.03. The molecule has 0 radical (unpaired) electrons. The Morgan fingerprint density at radius 3 is 2.44 bits per heavy atom. The molecule has 1 heterocycles. The third kappa shape index (κ3) is 5.26. The molecule has 0 saturated heterocycles. The molecule has 0 fully saturated rings. The van der Waals surface area contributed by atoms with Gasteiger partial charge in [0.2, 0.25) is 5.91 Å². The van der Waals surface area contributed by atoms with Gasteiger partial charge in [0, 0.05) is 16.8 Å². The van der Waals surface area contributed by atoms with Crippen molar-refractivity contribution in [2.45, 2.75) is 6.92 Å². The fraction of sp³-hybridized carbons (Fsp3) is 0.0500. The van der Waals surface area contributed by atoms with Crippen molar-refractivity contribution in [1.29, 1.82) is 0 Å². The van der Waals surface area contributed by atoms with Crippen LogP contribution in [0.5, 0.6) is 0 Å². The van der Waals surface area contributed by atoms with Gasteiger partial charge < -0.3 is 5.32 Å². The number of amides is 2. The monoisotopic (exact) mass is 397 g/mol. The topological polar surface area (TPSA) is 71.1 Å². The maximum absolute atomic E-state index is 12.4. The van der Waals surface area contributed by atoms with E-state index in [2.05, 4.69) is 15.6 Å². The molecule has 0 aliphatic heterocycles. The smallest absolute Gasteiger partial charge is 0.267 e. The summed E-state index contributed by atoms with van der Waals surface area (Å²) in [6.07, 6.45) is 3.14. The Labute approximate surface area is 165 Å². The van der Waals surface area contributed by atoms with Gasteiger partial charge in [0.05, 0.1) is 5.69 Å². The summed E-state index contributed by atoms with van der Waals surface area (Å²) in [5.41, 5.74) is 2.10. The van der Waals surface area contributed by atoms with E-state index in [1.807, 2.05) is 30.3 Å². The summed E-state index contributed by atoms with van der Waals surface area (Å²) < 4.78 is 0. The molecule has 0 atom stereocenters. The maximum atomic E-state index is 12.4. The van der Waals surface area contributed by atoms with Crippen LogP contribution in [0.4, 0.5) is 10.8 Å². The SMILES string of the molecule is Cc1nc(NC(=O)C=Cc2ccccc2)sc1C(=O)Nc1ccc(Cl)cc1. The van der Waals surface area contributed by atoms with Crippen molar-refractivity contribution in [1.82, 2.24) is 4.98 Å². The molecule has 3 rings (SSSR count). The summed E-state index contributed by atoms with van der Waals surface area (Å²) in [5, 5.41) is 6.43. The molecule has 7 heteroatoms. The van der Waals surface area contributed by atoms with Crippen molar-refractivity contribution in [3.8, 4) is 0 Å². The second-order valence-corrected chi connectivity index (χ2v) is 7.06. The van der Waals surface area contributed by atoms with Gasteiger partial charge in [-0.05, 0) is 42.8 Å². The molecule has 27 heavy (non-hydrogen) atoms. The number of aryl methyl sites for hydroxylation is 1. The van der Waals surface area contributed by atoms with Crippen molar-refractivity contribution >= 4 is 51.6 Å². The molecule has 0 bridgehead atoms. The van der Waals surface area contributed by atoms with Crippen LogP contribution < -0.4 is 10.6 Å². The Kier molecular flexibility index (Phi) is 6.01. The number of thiazole rings is 1. The Morgan fingerprint density at radius 1 is 1.04 bits per heavy atom. The number of aromatic nitrogens is 1. The third-order valence-electron chi connectivity index (χ3n) is 3.56. The molecule has 0 saturated carbocycles. The van der Waals surface area contributed by atoms with Crippen LogP contribution in [0.3, 0.4) is 0 Å². The van der Waals surface area contributed by atoms with Crippen molar-refractivity contribution < 1.29 is 9.59 Å². The summed E-state index contributed by atoms with van der Waals surface area (Å²) in [6.45, 7) is 1.72. The highest BCUT2D eigenvalue weighted by molar-refractivity contribution is 7.17. The molecule has 2 amide bonds. The summed E-state index contributed by atoms with van der Waals surface area (Å²) in [6, 6.07) is 16.3. The van der Waals surface area contributed by atoms with Crippen LogP contribution in [-0.4, -0.2) is 16.8 Å². The van der Waals surface area contributed by atoms with Crippen molar-refractivity contribution in [2.75, 3.05) is 10.6 Å². The van der Waals surface area contributed by atoms with Crippen molar-refractivity contribution in [2.24, 2.45) is 0 Å². The molecule has 2 N–H and O–H groups in total. The molecule has 0 aliphatic rings. The number of nitrogens with zero attached hydrogens (tertiary/aromatic N) is 1. The number of hydrogen-bond donors (Lipinski definition) is 2. The van der Waals surface area contributed by atoms with Gasteiger partial charge in [0.15, 0.2) is 5.13 Å². The van der Waals surface area contributed by atoms with Crippen LogP contribution in [0.15, 0.2) is 60.7 Å². The van der Waals surface area contributed by atoms with Gasteiger partial charge in [-0.15, -0.1) is 0 Å². The number of carbonyl (C=O) groups is 2. The number of halogens is 1. The summed E-state index contributed by atoms with van der Waals surface area (Å²) >= 11 is 6.97. The summed E-state index contributed by atoms with van der Waals surface area (Å²) in [7, 11) is 0. The summed E-state index contributed by atoms with van der Waals surface area (Å²) in [4.78, 5) is 29.2. The molecular weight excluding hydrogens is 382 g/mol. The average molecular weight is 398 g/mol. The number of rotatable bonds is 5.